The van der Waals surface area contributed by atoms with Gasteiger partial charge in [-0.2, -0.15) is 0 Å². The molecule has 1 heterocycles. The van der Waals surface area contributed by atoms with Crippen LogP contribution in [0.1, 0.15) is 6.42 Å². The molecule has 0 aromatic heterocycles. The molecule has 0 bridgehead atoms. The Morgan fingerprint density at radius 2 is 2.33 bits per heavy atom. The average molecular weight is 156 g/mol. The lowest BCUT2D eigenvalue weighted by molar-refractivity contribution is 0.0894. The number of halogens is 2. The van der Waals surface area contributed by atoms with E-state index in [0.717, 1.165) is 0 Å². The molecule has 0 unspecified atom stereocenters. The van der Waals surface area contributed by atoms with Crippen LogP contribution in [0.4, 0.5) is 4.39 Å². The van der Waals surface area contributed by atoms with Crippen LogP contribution in [0.2, 0.25) is 0 Å². The monoisotopic (exact) mass is 155 g/mol. The minimum Gasteiger partial charge on any atom is -0.393 e. The van der Waals surface area contributed by atoms with Gasteiger partial charge in [-0.1, -0.05) is 0 Å². The van der Waals surface area contributed by atoms with Gasteiger partial charge in [0.05, 0.1) is 6.61 Å². The highest BCUT2D eigenvalue weighted by Gasteiger charge is 2.32. The van der Waals surface area contributed by atoms with E-state index in [1.165, 1.54) is 0 Å². The fourth-order valence-corrected chi connectivity index (χ4v) is 0.848. The Balaban J connectivity index is 0.000000640. The van der Waals surface area contributed by atoms with Crippen LogP contribution < -0.4 is 5.32 Å². The standard InChI is InChI=1S/C5H10FNO.ClH/c6-5(4-8)1-2-7-3-5;/h7-8H,1-4H2;1H/t5-;/m1./s1. The molecule has 1 aliphatic heterocycles. The number of hydrogen-bond donors (Lipinski definition) is 2. The highest BCUT2D eigenvalue weighted by Crippen LogP contribution is 2.17. The zero-order chi connectivity index (χ0) is 6.04. The molecule has 1 atom stereocenters. The summed E-state index contributed by atoms with van der Waals surface area (Å²) >= 11 is 0. The highest BCUT2D eigenvalue weighted by molar-refractivity contribution is 5.85. The number of rotatable bonds is 1. The van der Waals surface area contributed by atoms with Crippen molar-refractivity contribution in [2.75, 3.05) is 19.7 Å². The first-order valence-corrected chi connectivity index (χ1v) is 2.77. The van der Waals surface area contributed by atoms with Crippen LogP contribution >= 0.6 is 12.4 Å². The second-order valence-electron chi connectivity index (χ2n) is 2.24. The molecule has 2 nitrogen and oxygen atoms in total. The molecule has 9 heavy (non-hydrogen) atoms. The molecule has 4 heteroatoms. The molecular formula is C5H11ClFNO. The van der Waals surface area contributed by atoms with Gasteiger partial charge in [0.2, 0.25) is 0 Å². The third-order valence-corrected chi connectivity index (χ3v) is 1.48. The fraction of sp³-hybridized carbons (Fsp3) is 1.00. The van der Waals surface area contributed by atoms with Crippen LogP contribution in [0.15, 0.2) is 0 Å². The minimum absolute atomic E-state index is 0. The fourth-order valence-electron chi connectivity index (χ4n) is 0.848. The van der Waals surface area contributed by atoms with Gasteiger partial charge in [0, 0.05) is 6.54 Å². The van der Waals surface area contributed by atoms with Crippen molar-refractivity contribution >= 4 is 12.4 Å². The Morgan fingerprint density at radius 3 is 2.56 bits per heavy atom. The molecule has 0 saturated carbocycles. The molecule has 56 valence electrons. The summed E-state index contributed by atoms with van der Waals surface area (Å²) in [4.78, 5) is 0. The molecule has 1 saturated heterocycles. The van der Waals surface area contributed by atoms with Gasteiger partial charge in [0.25, 0.3) is 0 Å². The number of nitrogens with one attached hydrogen (secondary N) is 1. The van der Waals surface area contributed by atoms with E-state index >= 15 is 0 Å². The van der Waals surface area contributed by atoms with Crippen LogP contribution in [-0.4, -0.2) is 30.5 Å². The summed E-state index contributed by atoms with van der Waals surface area (Å²) in [6.07, 6.45) is 0.448. The van der Waals surface area contributed by atoms with E-state index in [2.05, 4.69) is 5.32 Å². The van der Waals surface area contributed by atoms with Gasteiger partial charge in [0.15, 0.2) is 0 Å². The van der Waals surface area contributed by atoms with Crippen LogP contribution in [0.5, 0.6) is 0 Å². The predicted molar refractivity (Wildman–Crippen MR) is 35.7 cm³/mol. The Hall–Kier alpha value is 0.140. The maximum Gasteiger partial charge on any atom is 0.147 e. The normalized spacial score (nSPS) is 34.0. The van der Waals surface area contributed by atoms with E-state index in [1.54, 1.807) is 0 Å². The van der Waals surface area contributed by atoms with E-state index < -0.39 is 5.67 Å². The molecule has 1 fully saturated rings. The maximum absolute atomic E-state index is 12.7. The summed E-state index contributed by atoms with van der Waals surface area (Å²) in [6.45, 7) is 0.653. The summed E-state index contributed by atoms with van der Waals surface area (Å²) in [6, 6.07) is 0. The Bertz CT molecular complexity index is 85.0. The van der Waals surface area contributed by atoms with E-state index in [9.17, 15) is 4.39 Å². The largest absolute Gasteiger partial charge is 0.393 e. The maximum atomic E-state index is 12.7. The summed E-state index contributed by atoms with van der Waals surface area (Å²) in [7, 11) is 0. The lowest BCUT2D eigenvalue weighted by Crippen LogP contribution is -2.29. The first-order valence-electron chi connectivity index (χ1n) is 2.77. The molecule has 0 aromatic rings. The molecular weight excluding hydrogens is 145 g/mol. The van der Waals surface area contributed by atoms with Crippen LogP contribution in [0.3, 0.4) is 0 Å². The molecule has 0 spiro atoms. The quantitative estimate of drug-likeness (QED) is 0.563. The van der Waals surface area contributed by atoms with Gasteiger partial charge in [-0.15, -0.1) is 12.4 Å². The SMILES string of the molecule is Cl.OC[C@@]1(F)CCNC1. The Labute approximate surface area is 59.9 Å². The van der Waals surface area contributed by atoms with Gasteiger partial charge >= 0.3 is 0 Å². The van der Waals surface area contributed by atoms with Crippen molar-refractivity contribution in [2.45, 2.75) is 12.1 Å². The van der Waals surface area contributed by atoms with E-state index in [1.807, 2.05) is 0 Å². The first-order chi connectivity index (χ1) is 3.77. The third-order valence-electron chi connectivity index (χ3n) is 1.48. The van der Waals surface area contributed by atoms with Gasteiger partial charge in [-0.3, -0.25) is 0 Å². The number of aliphatic hydroxyl groups is 1. The van der Waals surface area contributed by atoms with Gasteiger partial charge in [-0.05, 0) is 13.0 Å². The lowest BCUT2D eigenvalue weighted by atomic mass is 10.1. The molecule has 0 radical (unpaired) electrons. The van der Waals surface area contributed by atoms with E-state index in [0.29, 0.717) is 19.5 Å². The second kappa shape index (κ2) is 3.34. The van der Waals surface area contributed by atoms with Crippen LogP contribution in [0.25, 0.3) is 0 Å². The predicted octanol–water partition coefficient (Wildman–Crippen LogP) is 0.102. The van der Waals surface area contributed by atoms with Crippen molar-refractivity contribution in [3.63, 3.8) is 0 Å². The molecule has 0 aliphatic carbocycles. The second-order valence-corrected chi connectivity index (χ2v) is 2.24. The van der Waals surface area contributed by atoms with Crippen molar-refractivity contribution in [1.82, 2.24) is 5.32 Å². The van der Waals surface area contributed by atoms with Crippen LogP contribution in [0, 0.1) is 0 Å². The number of alkyl halides is 1. The molecule has 0 aromatic carbocycles. The Morgan fingerprint density at radius 1 is 1.67 bits per heavy atom. The molecule has 2 N–H and O–H groups in total. The van der Waals surface area contributed by atoms with Crippen molar-refractivity contribution in [2.24, 2.45) is 0 Å². The van der Waals surface area contributed by atoms with E-state index in [-0.39, 0.29) is 19.0 Å². The number of hydrogen-bond acceptors (Lipinski definition) is 2. The van der Waals surface area contributed by atoms with E-state index in [4.69, 9.17) is 5.11 Å². The third kappa shape index (κ3) is 2.08. The van der Waals surface area contributed by atoms with Crippen LogP contribution in [-0.2, 0) is 0 Å². The lowest BCUT2D eigenvalue weighted by Gasteiger charge is -2.12. The highest BCUT2D eigenvalue weighted by atomic mass is 35.5. The van der Waals surface area contributed by atoms with Gasteiger partial charge in [-0.25, -0.2) is 4.39 Å². The topological polar surface area (TPSA) is 32.3 Å². The van der Waals surface area contributed by atoms with Crippen molar-refractivity contribution in [3.05, 3.63) is 0 Å². The minimum atomic E-state index is -1.32. The summed E-state index contributed by atoms with van der Waals surface area (Å²) < 4.78 is 12.7. The molecule has 0 amide bonds. The van der Waals surface area contributed by atoms with Crippen molar-refractivity contribution < 1.29 is 9.50 Å². The zero-order valence-electron chi connectivity index (χ0n) is 5.06. The molecule has 1 rings (SSSR count). The molecule has 1 aliphatic rings. The van der Waals surface area contributed by atoms with Gasteiger partial charge in [0.1, 0.15) is 5.67 Å². The summed E-state index contributed by atoms with van der Waals surface area (Å²) in [5.74, 6) is 0. The van der Waals surface area contributed by atoms with Crippen molar-refractivity contribution in [3.8, 4) is 0 Å². The Kier molecular flexibility index (Phi) is 3.40. The first kappa shape index (κ1) is 9.14. The summed E-state index contributed by atoms with van der Waals surface area (Å²) in [5.41, 5.74) is -1.32. The van der Waals surface area contributed by atoms with Crippen molar-refractivity contribution in [1.29, 1.82) is 0 Å². The van der Waals surface area contributed by atoms with Gasteiger partial charge < -0.3 is 10.4 Å². The smallest absolute Gasteiger partial charge is 0.147 e. The summed E-state index contributed by atoms with van der Waals surface area (Å²) in [5, 5.41) is 11.2. The zero-order valence-corrected chi connectivity index (χ0v) is 5.88. The number of aliphatic hydroxyl groups excluding tert-OH is 1. The average Bonchev–Trinajstić information content (AvgIpc) is 2.17.